The summed E-state index contributed by atoms with van der Waals surface area (Å²) in [6, 6.07) is 0.626. The van der Waals surface area contributed by atoms with E-state index in [1.54, 1.807) is 4.68 Å². The van der Waals surface area contributed by atoms with E-state index in [1.165, 1.54) is 6.42 Å². The van der Waals surface area contributed by atoms with Gasteiger partial charge in [0.1, 0.15) is 0 Å². The van der Waals surface area contributed by atoms with E-state index >= 15 is 0 Å². The largest absolute Gasteiger partial charge is 0.396 e. The molecule has 0 aliphatic rings. The van der Waals surface area contributed by atoms with Gasteiger partial charge < -0.3 is 15.3 Å². The number of aromatic nitrogens is 3. The van der Waals surface area contributed by atoms with Crippen molar-refractivity contribution in [3.05, 3.63) is 11.9 Å². The first-order valence-electron chi connectivity index (χ1n) is 7.08. The molecular formula is C13H27N5O. The van der Waals surface area contributed by atoms with E-state index in [9.17, 15) is 0 Å². The standard InChI is InChI=1S/C13H27N5O/c1-4-12(2)17(3)8-6-14-10-13-11-18(16-15-13)7-5-9-19/h11-12,14,19H,4-10H2,1-3H3. The third-order valence-corrected chi connectivity index (χ3v) is 3.42. The van der Waals surface area contributed by atoms with Gasteiger partial charge in [-0.25, -0.2) is 0 Å². The maximum atomic E-state index is 8.75. The van der Waals surface area contributed by atoms with Gasteiger partial charge in [0.05, 0.1) is 5.69 Å². The summed E-state index contributed by atoms with van der Waals surface area (Å²) in [5.41, 5.74) is 0.948. The number of nitrogens with zero attached hydrogens (tertiary/aromatic N) is 4. The third-order valence-electron chi connectivity index (χ3n) is 3.42. The van der Waals surface area contributed by atoms with Crippen molar-refractivity contribution in [2.75, 3.05) is 26.7 Å². The van der Waals surface area contributed by atoms with Crippen LogP contribution in [-0.2, 0) is 13.1 Å². The number of aliphatic hydroxyl groups excluding tert-OH is 1. The molecule has 1 heterocycles. The van der Waals surface area contributed by atoms with E-state index in [2.05, 4.69) is 41.4 Å². The number of likely N-dealkylation sites (N-methyl/N-ethyl adjacent to an activating group) is 1. The Morgan fingerprint density at radius 2 is 2.32 bits per heavy atom. The highest BCUT2D eigenvalue weighted by molar-refractivity contribution is 4.91. The molecule has 0 spiro atoms. The Labute approximate surface area is 115 Å². The van der Waals surface area contributed by atoms with Crippen molar-refractivity contribution in [3.8, 4) is 0 Å². The molecule has 1 unspecified atom stereocenters. The summed E-state index contributed by atoms with van der Waals surface area (Å²) in [4.78, 5) is 2.35. The van der Waals surface area contributed by atoms with Gasteiger partial charge in [0.25, 0.3) is 0 Å². The molecule has 0 aliphatic carbocycles. The molecule has 0 aliphatic heterocycles. The number of hydrogen-bond acceptors (Lipinski definition) is 5. The molecule has 1 aromatic heterocycles. The van der Waals surface area contributed by atoms with E-state index in [0.29, 0.717) is 6.04 Å². The van der Waals surface area contributed by atoms with Crippen LogP contribution in [0.25, 0.3) is 0 Å². The van der Waals surface area contributed by atoms with Crippen molar-refractivity contribution < 1.29 is 5.11 Å². The van der Waals surface area contributed by atoms with Gasteiger partial charge in [0.2, 0.25) is 0 Å². The molecule has 0 fully saturated rings. The fraction of sp³-hybridized carbons (Fsp3) is 0.846. The van der Waals surface area contributed by atoms with Crippen molar-refractivity contribution in [2.45, 2.75) is 45.8 Å². The van der Waals surface area contributed by atoms with Gasteiger partial charge >= 0.3 is 0 Å². The van der Waals surface area contributed by atoms with Crippen LogP contribution in [0.1, 0.15) is 32.4 Å². The fourth-order valence-electron chi connectivity index (χ4n) is 1.77. The van der Waals surface area contributed by atoms with Crippen LogP contribution in [0.3, 0.4) is 0 Å². The molecule has 6 heteroatoms. The molecule has 0 saturated carbocycles. The van der Waals surface area contributed by atoms with E-state index in [1.807, 2.05) is 6.20 Å². The zero-order valence-corrected chi connectivity index (χ0v) is 12.3. The molecule has 0 aromatic carbocycles. The maximum absolute atomic E-state index is 8.75. The Morgan fingerprint density at radius 3 is 3.00 bits per heavy atom. The first kappa shape index (κ1) is 16.1. The highest BCUT2D eigenvalue weighted by Gasteiger charge is 2.05. The average Bonchev–Trinajstić information content (AvgIpc) is 2.88. The summed E-state index contributed by atoms with van der Waals surface area (Å²) < 4.78 is 1.78. The molecular weight excluding hydrogens is 242 g/mol. The molecule has 19 heavy (non-hydrogen) atoms. The molecule has 0 bridgehead atoms. The highest BCUT2D eigenvalue weighted by Crippen LogP contribution is 1.98. The first-order chi connectivity index (χ1) is 9.17. The maximum Gasteiger partial charge on any atom is 0.0964 e. The van der Waals surface area contributed by atoms with E-state index in [-0.39, 0.29) is 6.61 Å². The number of nitrogens with one attached hydrogen (secondary N) is 1. The van der Waals surface area contributed by atoms with Crippen LogP contribution in [0.5, 0.6) is 0 Å². The second-order valence-electron chi connectivity index (χ2n) is 4.96. The summed E-state index contributed by atoms with van der Waals surface area (Å²) in [6.07, 6.45) is 3.83. The van der Waals surface area contributed by atoms with Gasteiger partial charge in [0, 0.05) is 45.0 Å². The molecule has 0 saturated heterocycles. The monoisotopic (exact) mass is 269 g/mol. The zero-order valence-electron chi connectivity index (χ0n) is 12.3. The topological polar surface area (TPSA) is 66.2 Å². The summed E-state index contributed by atoms with van der Waals surface area (Å²) in [7, 11) is 2.15. The predicted octanol–water partition coefficient (Wildman–Crippen LogP) is 0.480. The third kappa shape index (κ3) is 6.13. The van der Waals surface area contributed by atoms with E-state index < -0.39 is 0 Å². The number of aliphatic hydroxyl groups is 1. The lowest BCUT2D eigenvalue weighted by Gasteiger charge is -2.23. The summed E-state index contributed by atoms with van der Waals surface area (Å²) >= 11 is 0. The minimum atomic E-state index is 0.190. The molecule has 1 atom stereocenters. The van der Waals surface area contributed by atoms with Crippen LogP contribution in [0.15, 0.2) is 6.20 Å². The molecule has 2 N–H and O–H groups in total. The lowest BCUT2D eigenvalue weighted by atomic mass is 10.2. The van der Waals surface area contributed by atoms with Crippen LogP contribution in [0.4, 0.5) is 0 Å². The summed E-state index contributed by atoms with van der Waals surface area (Å²) in [6.45, 7) is 8.09. The van der Waals surface area contributed by atoms with Crippen molar-refractivity contribution in [3.63, 3.8) is 0 Å². The van der Waals surface area contributed by atoms with Crippen LogP contribution < -0.4 is 5.32 Å². The van der Waals surface area contributed by atoms with Gasteiger partial charge in [0.15, 0.2) is 0 Å². The predicted molar refractivity (Wildman–Crippen MR) is 75.8 cm³/mol. The second kappa shape index (κ2) is 9.01. The average molecular weight is 269 g/mol. The Balaban J connectivity index is 2.17. The van der Waals surface area contributed by atoms with Gasteiger partial charge in [-0.3, -0.25) is 4.68 Å². The van der Waals surface area contributed by atoms with Gasteiger partial charge in [-0.15, -0.1) is 5.10 Å². The van der Waals surface area contributed by atoms with Gasteiger partial charge in [-0.1, -0.05) is 12.1 Å². The normalized spacial score (nSPS) is 13.1. The minimum Gasteiger partial charge on any atom is -0.396 e. The second-order valence-corrected chi connectivity index (χ2v) is 4.96. The Hall–Kier alpha value is -0.980. The van der Waals surface area contributed by atoms with Crippen LogP contribution in [-0.4, -0.2) is 57.8 Å². The summed E-state index contributed by atoms with van der Waals surface area (Å²) in [5, 5.41) is 20.2. The minimum absolute atomic E-state index is 0.190. The van der Waals surface area contributed by atoms with Crippen LogP contribution >= 0.6 is 0 Å². The lowest BCUT2D eigenvalue weighted by molar-refractivity contribution is 0.251. The molecule has 1 aromatic rings. The molecule has 110 valence electrons. The Morgan fingerprint density at radius 1 is 1.53 bits per heavy atom. The van der Waals surface area contributed by atoms with Gasteiger partial charge in [-0.2, -0.15) is 0 Å². The highest BCUT2D eigenvalue weighted by atomic mass is 16.3. The molecule has 0 radical (unpaired) electrons. The number of rotatable bonds is 10. The molecule has 0 amide bonds. The Kier molecular flexibility index (Phi) is 7.62. The van der Waals surface area contributed by atoms with E-state index in [4.69, 9.17) is 5.11 Å². The van der Waals surface area contributed by atoms with E-state index in [0.717, 1.165) is 38.3 Å². The molecule has 6 nitrogen and oxygen atoms in total. The summed E-state index contributed by atoms with van der Waals surface area (Å²) in [5.74, 6) is 0. The van der Waals surface area contributed by atoms with Crippen molar-refractivity contribution in [1.82, 2.24) is 25.2 Å². The van der Waals surface area contributed by atoms with Crippen LogP contribution in [0.2, 0.25) is 0 Å². The lowest BCUT2D eigenvalue weighted by Crippen LogP contribution is -2.34. The zero-order chi connectivity index (χ0) is 14.1. The Bertz CT molecular complexity index is 342. The van der Waals surface area contributed by atoms with Crippen LogP contribution in [0, 0.1) is 0 Å². The SMILES string of the molecule is CCC(C)N(C)CCNCc1cn(CCCO)nn1. The van der Waals surface area contributed by atoms with Crippen molar-refractivity contribution >= 4 is 0 Å². The van der Waals surface area contributed by atoms with Crippen molar-refractivity contribution in [1.29, 1.82) is 0 Å². The fourth-order valence-corrected chi connectivity index (χ4v) is 1.77. The number of hydrogen-bond donors (Lipinski definition) is 2. The van der Waals surface area contributed by atoms with Gasteiger partial charge in [-0.05, 0) is 26.8 Å². The smallest absolute Gasteiger partial charge is 0.0964 e. The molecule has 1 rings (SSSR count). The quantitative estimate of drug-likeness (QED) is 0.605. The number of aryl methyl sites for hydroxylation is 1. The van der Waals surface area contributed by atoms with Crippen molar-refractivity contribution in [2.24, 2.45) is 0 Å². The first-order valence-corrected chi connectivity index (χ1v) is 7.08.